The minimum absolute atomic E-state index is 0.207. The molecule has 2 amide bonds. The van der Waals surface area contributed by atoms with E-state index in [1.54, 1.807) is 12.0 Å². The Bertz CT molecular complexity index is 705. The minimum Gasteiger partial charge on any atom is -0.497 e. The zero-order valence-electron chi connectivity index (χ0n) is 16.5. The maximum Gasteiger partial charge on any atom is 0.256 e. The van der Waals surface area contributed by atoms with Crippen molar-refractivity contribution < 1.29 is 19.4 Å². The Morgan fingerprint density at radius 3 is 2.61 bits per heavy atom. The average molecular weight is 390 g/mol. The molecule has 3 N–H and O–H groups in total. The van der Waals surface area contributed by atoms with Crippen LogP contribution in [0.25, 0.3) is 0 Å². The van der Waals surface area contributed by atoms with Gasteiger partial charge in [0.25, 0.3) is 5.91 Å². The van der Waals surface area contributed by atoms with Gasteiger partial charge in [-0.1, -0.05) is 12.1 Å². The lowest BCUT2D eigenvalue weighted by atomic mass is 9.90. The first kappa shape index (κ1) is 20.6. The first-order valence-corrected chi connectivity index (χ1v) is 9.77. The first-order chi connectivity index (χ1) is 13.4. The normalized spacial score (nSPS) is 24.4. The monoisotopic (exact) mass is 390 g/mol. The fourth-order valence-corrected chi connectivity index (χ4v) is 4.05. The second-order valence-corrected chi connectivity index (χ2v) is 7.73. The van der Waals surface area contributed by atoms with Gasteiger partial charge in [-0.3, -0.25) is 19.4 Å². The highest BCUT2D eigenvalue weighted by Gasteiger charge is 2.43. The van der Waals surface area contributed by atoms with Gasteiger partial charge in [-0.15, -0.1) is 0 Å². The molecule has 1 aromatic rings. The average Bonchev–Trinajstić information content (AvgIpc) is 2.67. The molecule has 2 saturated heterocycles. The van der Waals surface area contributed by atoms with Gasteiger partial charge in [0, 0.05) is 45.8 Å². The van der Waals surface area contributed by atoms with E-state index in [2.05, 4.69) is 4.90 Å². The number of nitrogens with two attached hydrogens (primary N) is 1. The Hall–Kier alpha value is -2.16. The second-order valence-electron chi connectivity index (χ2n) is 7.73. The zero-order chi connectivity index (χ0) is 20.1. The quantitative estimate of drug-likeness (QED) is 0.660. The molecule has 2 heterocycles. The van der Waals surface area contributed by atoms with Crippen LogP contribution in [0.15, 0.2) is 24.3 Å². The molecule has 1 aromatic carbocycles. The number of hydrogen-bond donors (Lipinski definition) is 2. The number of piperidine rings is 1. The van der Waals surface area contributed by atoms with E-state index in [0.717, 1.165) is 17.7 Å². The van der Waals surface area contributed by atoms with Crippen molar-refractivity contribution in [1.29, 1.82) is 0 Å². The number of ether oxygens (including phenoxy) is 1. The molecule has 0 aromatic heterocycles. The highest BCUT2D eigenvalue weighted by atomic mass is 16.5. The number of likely N-dealkylation sites (tertiary alicyclic amines) is 1. The number of piperazine rings is 1. The summed E-state index contributed by atoms with van der Waals surface area (Å²) in [5.41, 5.74) is 4.88. The van der Waals surface area contributed by atoms with Crippen LogP contribution in [0.1, 0.15) is 18.4 Å². The molecule has 0 radical (unpaired) electrons. The molecular weight excluding hydrogens is 360 g/mol. The summed E-state index contributed by atoms with van der Waals surface area (Å²) in [5, 5.41) is 11.1. The van der Waals surface area contributed by atoms with Crippen molar-refractivity contribution in [2.75, 3.05) is 52.9 Å². The van der Waals surface area contributed by atoms with Gasteiger partial charge in [-0.05, 0) is 30.5 Å². The predicted octanol–water partition coefficient (Wildman–Crippen LogP) is -0.348. The smallest absolute Gasteiger partial charge is 0.256 e. The van der Waals surface area contributed by atoms with E-state index < -0.39 is 5.60 Å². The van der Waals surface area contributed by atoms with Crippen molar-refractivity contribution in [2.45, 2.75) is 25.0 Å². The molecule has 3 rings (SSSR count). The number of β-amino-alcohol motifs (C(OH)–C–C–N with tert-alkyl or cyclic N) is 1. The Kier molecular flexibility index (Phi) is 6.53. The number of carbonyl (C=O) groups is 2. The van der Waals surface area contributed by atoms with Crippen molar-refractivity contribution in [1.82, 2.24) is 14.7 Å². The van der Waals surface area contributed by atoms with E-state index in [-0.39, 0.29) is 18.4 Å². The zero-order valence-corrected chi connectivity index (χ0v) is 16.5. The molecule has 8 nitrogen and oxygen atoms in total. The van der Waals surface area contributed by atoms with Gasteiger partial charge in [-0.25, -0.2) is 0 Å². The molecule has 28 heavy (non-hydrogen) atoms. The highest BCUT2D eigenvalue weighted by Crippen LogP contribution is 2.26. The number of nitrogens with zero attached hydrogens (tertiary/aromatic N) is 3. The van der Waals surface area contributed by atoms with Gasteiger partial charge in [0.05, 0.1) is 13.7 Å². The Balaban J connectivity index is 1.58. The van der Waals surface area contributed by atoms with Crippen molar-refractivity contribution in [3.63, 3.8) is 0 Å². The molecule has 0 unspecified atom stereocenters. The summed E-state index contributed by atoms with van der Waals surface area (Å²) in [6.45, 7) is 4.52. The lowest BCUT2D eigenvalue weighted by Crippen LogP contribution is -2.60. The van der Waals surface area contributed by atoms with Gasteiger partial charge in [0.15, 0.2) is 5.60 Å². The standard InChI is InChI=1S/C20H30N4O4/c1-28-17-5-2-4-16(12-17)13-24-7-3-6-20(27,19(24)26)15-23-10-8-22(9-11-23)14-18(21)25/h2,4-5,12,27H,3,6-11,13-15H2,1H3,(H2,21,25)/t20-/m1/s1. The Morgan fingerprint density at radius 2 is 1.93 bits per heavy atom. The van der Waals surface area contributed by atoms with Crippen LogP contribution in [0.3, 0.4) is 0 Å². The predicted molar refractivity (Wildman–Crippen MR) is 105 cm³/mol. The summed E-state index contributed by atoms with van der Waals surface area (Å²) in [6, 6.07) is 7.65. The van der Waals surface area contributed by atoms with Crippen LogP contribution in [0, 0.1) is 0 Å². The van der Waals surface area contributed by atoms with Crippen LogP contribution in [-0.4, -0.2) is 90.1 Å². The molecule has 2 aliphatic heterocycles. The van der Waals surface area contributed by atoms with Gasteiger partial charge in [0.1, 0.15) is 5.75 Å². The van der Waals surface area contributed by atoms with Crippen molar-refractivity contribution in [3.05, 3.63) is 29.8 Å². The van der Waals surface area contributed by atoms with E-state index in [4.69, 9.17) is 10.5 Å². The number of methoxy groups -OCH3 is 1. The van der Waals surface area contributed by atoms with E-state index >= 15 is 0 Å². The fourth-order valence-electron chi connectivity index (χ4n) is 4.05. The summed E-state index contributed by atoms with van der Waals surface area (Å²) in [7, 11) is 1.62. The number of amides is 2. The maximum absolute atomic E-state index is 13.0. The molecule has 1 atom stereocenters. The van der Waals surface area contributed by atoms with Crippen LogP contribution < -0.4 is 10.5 Å². The molecule has 2 aliphatic rings. The highest BCUT2D eigenvalue weighted by molar-refractivity contribution is 5.86. The van der Waals surface area contributed by atoms with Gasteiger partial charge < -0.3 is 20.5 Å². The molecule has 8 heteroatoms. The minimum atomic E-state index is -1.36. The number of aliphatic hydroxyl groups is 1. The molecule has 0 spiro atoms. The number of rotatable bonds is 7. The Morgan fingerprint density at radius 1 is 1.21 bits per heavy atom. The summed E-state index contributed by atoms with van der Waals surface area (Å²) in [4.78, 5) is 29.9. The lowest BCUT2D eigenvalue weighted by molar-refractivity contribution is -0.160. The molecule has 0 aliphatic carbocycles. The van der Waals surface area contributed by atoms with E-state index in [9.17, 15) is 14.7 Å². The van der Waals surface area contributed by atoms with E-state index in [0.29, 0.717) is 52.2 Å². The summed E-state index contributed by atoms with van der Waals surface area (Å²) >= 11 is 0. The van der Waals surface area contributed by atoms with Gasteiger partial charge in [0.2, 0.25) is 5.91 Å². The molecule has 2 fully saturated rings. The topological polar surface area (TPSA) is 99.3 Å². The van der Waals surface area contributed by atoms with Crippen LogP contribution >= 0.6 is 0 Å². The summed E-state index contributed by atoms with van der Waals surface area (Å²) < 4.78 is 5.25. The van der Waals surface area contributed by atoms with Crippen LogP contribution in [0.2, 0.25) is 0 Å². The Labute approximate surface area is 165 Å². The second kappa shape index (κ2) is 8.89. The third-order valence-corrected chi connectivity index (χ3v) is 5.54. The summed E-state index contributed by atoms with van der Waals surface area (Å²) in [6.07, 6.45) is 1.25. The van der Waals surface area contributed by atoms with Crippen LogP contribution in [0.4, 0.5) is 0 Å². The molecule has 154 valence electrons. The van der Waals surface area contributed by atoms with Gasteiger partial charge in [-0.2, -0.15) is 0 Å². The van der Waals surface area contributed by atoms with E-state index in [1.165, 1.54) is 0 Å². The SMILES string of the molecule is COc1cccc(CN2CCC[C@@](O)(CN3CCN(CC(N)=O)CC3)C2=O)c1. The largest absolute Gasteiger partial charge is 0.497 e. The number of hydrogen-bond acceptors (Lipinski definition) is 6. The van der Waals surface area contributed by atoms with Crippen LogP contribution in [-0.2, 0) is 16.1 Å². The van der Waals surface area contributed by atoms with Crippen molar-refractivity contribution >= 4 is 11.8 Å². The molecular formula is C20H30N4O4. The van der Waals surface area contributed by atoms with Crippen LogP contribution in [0.5, 0.6) is 5.75 Å². The number of primary amides is 1. The molecule has 0 bridgehead atoms. The van der Waals surface area contributed by atoms with Gasteiger partial charge >= 0.3 is 0 Å². The number of carbonyl (C=O) groups excluding carboxylic acids is 2. The van der Waals surface area contributed by atoms with E-state index in [1.807, 2.05) is 29.2 Å². The lowest BCUT2D eigenvalue weighted by Gasteiger charge is -2.43. The third-order valence-electron chi connectivity index (χ3n) is 5.54. The molecule has 0 saturated carbocycles. The van der Waals surface area contributed by atoms with Crippen molar-refractivity contribution in [2.24, 2.45) is 5.73 Å². The summed E-state index contributed by atoms with van der Waals surface area (Å²) in [5.74, 6) is 0.218. The third kappa shape index (κ3) is 5.01. The van der Waals surface area contributed by atoms with Crippen molar-refractivity contribution in [3.8, 4) is 5.75 Å². The maximum atomic E-state index is 13.0. The fraction of sp³-hybridized carbons (Fsp3) is 0.600. The first-order valence-electron chi connectivity index (χ1n) is 9.77. The number of benzene rings is 1.